The van der Waals surface area contributed by atoms with Crippen LogP contribution in [-0.2, 0) is 9.53 Å². The van der Waals surface area contributed by atoms with Gasteiger partial charge in [-0.2, -0.15) is 5.10 Å². The molecule has 2 aromatic heterocycles. The number of pyridine rings is 1. The van der Waals surface area contributed by atoms with E-state index in [1.54, 1.807) is 23.9 Å². The molecule has 0 radical (unpaired) electrons. The Morgan fingerprint density at radius 1 is 1.19 bits per heavy atom. The summed E-state index contributed by atoms with van der Waals surface area (Å²) in [6.07, 6.45) is 8.61. The molecule has 2 heterocycles. The summed E-state index contributed by atoms with van der Waals surface area (Å²) in [4.78, 5) is 30.1. The van der Waals surface area contributed by atoms with Crippen LogP contribution in [-0.4, -0.2) is 39.3 Å². The van der Waals surface area contributed by atoms with E-state index < -0.39 is 12.1 Å². The first-order valence-electron chi connectivity index (χ1n) is 11.3. The van der Waals surface area contributed by atoms with Crippen LogP contribution >= 0.6 is 0 Å². The van der Waals surface area contributed by atoms with E-state index >= 15 is 0 Å². The molecular formula is C24H34N4O3. The Balaban J connectivity index is 1.70. The summed E-state index contributed by atoms with van der Waals surface area (Å²) in [5.74, 6) is -0.673. The van der Waals surface area contributed by atoms with Crippen molar-refractivity contribution in [2.45, 2.75) is 84.8 Å². The maximum atomic E-state index is 13.0. The fourth-order valence-electron chi connectivity index (χ4n) is 3.78. The van der Waals surface area contributed by atoms with Gasteiger partial charge in [-0.05, 0) is 64.9 Å². The van der Waals surface area contributed by atoms with Crippen molar-refractivity contribution in [3.8, 4) is 0 Å². The molecule has 7 nitrogen and oxygen atoms in total. The Morgan fingerprint density at radius 3 is 2.61 bits per heavy atom. The van der Waals surface area contributed by atoms with Gasteiger partial charge in [-0.25, -0.2) is 14.5 Å². The van der Waals surface area contributed by atoms with Gasteiger partial charge in [-0.1, -0.05) is 25.5 Å². The van der Waals surface area contributed by atoms with Crippen molar-refractivity contribution in [1.82, 2.24) is 20.1 Å². The first kappa shape index (κ1) is 23.0. The highest BCUT2D eigenvalue weighted by atomic mass is 16.5. The third kappa shape index (κ3) is 5.51. The van der Waals surface area contributed by atoms with E-state index in [1.807, 2.05) is 27.7 Å². The number of hydrogen-bond donors (Lipinski definition) is 1. The number of fused-ring (bicyclic) bond motifs is 1. The number of hydrogen-bond acceptors (Lipinski definition) is 5. The molecule has 0 fully saturated rings. The Bertz CT molecular complexity index is 975. The fourth-order valence-corrected chi connectivity index (χ4v) is 3.78. The predicted octanol–water partition coefficient (Wildman–Crippen LogP) is 4.69. The van der Waals surface area contributed by atoms with Crippen LogP contribution in [0.2, 0.25) is 0 Å². The lowest BCUT2D eigenvalue weighted by molar-refractivity contribution is -0.129. The highest BCUT2D eigenvalue weighted by molar-refractivity contribution is 6.03. The van der Waals surface area contributed by atoms with Crippen LogP contribution < -0.4 is 5.32 Å². The molecule has 31 heavy (non-hydrogen) atoms. The summed E-state index contributed by atoms with van der Waals surface area (Å²) in [7, 11) is 0. The third-order valence-electron chi connectivity index (χ3n) is 5.67. The lowest BCUT2D eigenvalue weighted by Gasteiger charge is -2.16. The molecule has 2 aromatic rings. The van der Waals surface area contributed by atoms with Crippen molar-refractivity contribution in [2.24, 2.45) is 0 Å². The minimum Gasteiger partial charge on any atom is -0.449 e. The van der Waals surface area contributed by atoms with E-state index in [-0.39, 0.29) is 17.9 Å². The molecule has 7 heteroatoms. The second-order valence-corrected chi connectivity index (χ2v) is 8.87. The second-order valence-electron chi connectivity index (χ2n) is 8.87. The van der Waals surface area contributed by atoms with Crippen LogP contribution in [0.4, 0.5) is 0 Å². The quantitative estimate of drug-likeness (QED) is 0.489. The molecule has 1 atom stereocenters. The van der Waals surface area contributed by atoms with Gasteiger partial charge in [0, 0.05) is 18.3 Å². The van der Waals surface area contributed by atoms with Crippen molar-refractivity contribution < 1.29 is 14.3 Å². The number of carbonyl (C=O) groups excluding carboxylic acids is 2. The van der Waals surface area contributed by atoms with Crippen LogP contribution in [0.5, 0.6) is 0 Å². The van der Waals surface area contributed by atoms with E-state index in [2.05, 4.69) is 16.5 Å². The van der Waals surface area contributed by atoms with Gasteiger partial charge in [0.2, 0.25) is 0 Å². The molecule has 0 aliphatic heterocycles. The van der Waals surface area contributed by atoms with Crippen molar-refractivity contribution in [1.29, 1.82) is 0 Å². The predicted molar refractivity (Wildman–Crippen MR) is 121 cm³/mol. The molecule has 0 spiro atoms. The number of carbonyl (C=O) groups is 2. The zero-order valence-electron chi connectivity index (χ0n) is 19.3. The van der Waals surface area contributed by atoms with Crippen molar-refractivity contribution in [3.05, 3.63) is 35.2 Å². The van der Waals surface area contributed by atoms with Crippen molar-refractivity contribution in [3.63, 3.8) is 0 Å². The average molecular weight is 427 g/mol. The van der Waals surface area contributed by atoms with Gasteiger partial charge in [-0.15, -0.1) is 0 Å². The topological polar surface area (TPSA) is 86.1 Å². The molecule has 1 N–H and O–H groups in total. The Labute approximate surface area is 184 Å². The van der Waals surface area contributed by atoms with E-state index in [9.17, 15) is 9.59 Å². The van der Waals surface area contributed by atoms with E-state index in [0.717, 1.165) is 25.0 Å². The number of nitrogens with zero attached hydrogens (tertiary/aromatic N) is 3. The van der Waals surface area contributed by atoms with Crippen LogP contribution in [0.25, 0.3) is 11.0 Å². The molecule has 3 rings (SSSR count). The van der Waals surface area contributed by atoms with Gasteiger partial charge in [0.1, 0.15) is 0 Å². The number of nitrogens with one attached hydrogen (secondary N) is 1. The fraction of sp³-hybridized carbons (Fsp3) is 0.583. The van der Waals surface area contributed by atoms with E-state index in [1.165, 1.54) is 18.4 Å². The third-order valence-corrected chi connectivity index (χ3v) is 5.67. The maximum Gasteiger partial charge on any atom is 0.339 e. The summed E-state index contributed by atoms with van der Waals surface area (Å²) in [6.45, 7) is 10.2. The highest BCUT2D eigenvalue weighted by Gasteiger charge is 2.23. The summed E-state index contributed by atoms with van der Waals surface area (Å²) < 4.78 is 7.32. The molecule has 1 amide bonds. The highest BCUT2D eigenvalue weighted by Crippen LogP contribution is 2.25. The second kappa shape index (κ2) is 10.1. The standard InChI is InChI=1S/C24H34N4O3/c1-15(2)21-13-19(20-14-26-28(16(3)4)22(20)27-21)24(30)31-17(5)23(29)25-12-11-18-9-7-6-8-10-18/h9,13-17H,6-8,10-12H2,1-5H3,(H,25,29)/t17-/m0/s1. The molecule has 0 unspecified atom stereocenters. The first-order chi connectivity index (χ1) is 14.8. The number of amides is 1. The summed E-state index contributed by atoms with van der Waals surface area (Å²) in [5.41, 5.74) is 3.25. The largest absolute Gasteiger partial charge is 0.449 e. The number of ether oxygens (including phenoxy) is 1. The van der Waals surface area contributed by atoms with E-state index in [0.29, 0.717) is 23.1 Å². The maximum absolute atomic E-state index is 13.0. The minimum absolute atomic E-state index is 0.111. The lowest BCUT2D eigenvalue weighted by atomic mass is 9.97. The summed E-state index contributed by atoms with van der Waals surface area (Å²) in [6, 6.07) is 1.86. The Hall–Kier alpha value is -2.70. The van der Waals surface area contributed by atoms with Gasteiger partial charge in [0.15, 0.2) is 11.8 Å². The summed E-state index contributed by atoms with van der Waals surface area (Å²) >= 11 is 0. The Morgan fingerprint density at radius 2 is 1.97 bits per heavy atom. The molecule has 0 aromatic carbocycles. The van der Waals surface area contributed by atoms with Gasteiger partial charge < -0.3 is 10.1 Å². The number of allylic oxidation sites excluding steroid dienone is 1. The van der Waals surface area contributed by atoms with Gasteiger partial charge in [-0.3, -0.25) is 4.79 Å². The normalized spacial score (nSPS) is 15.3. The van der Waals surface area contributed by atoms with Crippen molar-refractivity contribution in [2.75, 3.05) is 6.54 Å². The van der Waals surface area contributed by atoms with Crippen molar-refractivity contribution >= 4 is 22.9 Å². The molecule has 168 valence electrons. The summed E-state index contributed by atoms with van der Waals surface area (Å²) in [5, 5.41) is 7.92. The van der Waals surface area contributed by atoms with Crippen LogP contribution in [0, 0.1) is 0 Å². The van der Waals surface area contributed by atoms with Gasteiger partial charge in [0.05, 0.1) is 17.1 Å². The zero-order valence-corrected chi connectivity index (χ0v) is 19.3. The molecular weight excluding hydrogens is 392 g/mol. The number of aromatic nitrogens is 3. The zero-order chi connectivity index (χ0) is 22.5. The average Bonchev–Trinajstić information content (AvgIpc) is 3.17. The number of rotatable bonds is 8. The van der Waals surface area contributed by atoms with Gasteiger partial charge in [0.25, 0.3) is 5.91 Å². The van der Waals surface area contributed by atoms with Crippen LogP contribution in [0.3, 0.4) is 0 Å². The molecule has 0 saturated carbocycles. The molecule has 0 saturated heterocycles. The number of esters is 1. The monoisotopic (exact) mass is 426 g/mol. The SMILES string of the molecule is CC(C)c1cc(C(=O)O[C@@H](C)C(=O)NCCC2=CCCCC2)c2cnn(C(C)C)c2n1. The van der Waals surface area contributed by atoms with Gasteiger partial charge >= 0.3 is 5.97 Å². The first-order valence-corrected chi connectivity index (χ1v) is 11.3. The Kier molecular flexibility index (Phi) is 7.46. The smallest absolute Gasteiger partial charge is 0.339 e. The minimum atomic E-state index is -0.876. The van der Waals surface area contributed by atoms with Crippen LogP contribution in [0.15, 0.2) is 23.9 Å². The van der Waals surface area contributed by atoms with E-state index in [4.69, 9.17) is 9.72 Å². The van der Waals surface area contributed by atoms with Crippen LogP contribution in [0.1, 0.15) is 94.7 Å². The molecule has 0 bridgehead atoms. The molecule has 1 aliphatic rings. The lowest BCUT2D eigenvalue weighted by Crippen LogP contribution is -2.36. The molecule has 1 aliphatic carbocycles.